The van der Waals surface area contributed by atoms with Crippen LogP contribution in [0.25, 0.3) is 0 Å². The molecule has 5 heteroatoms. The third kappa shape index (κ3) is 2.99. The molecule has 0 spiro atoms. The zero-order valence-electron chi connectivity index (χ0n) is 12.6. The fourth-order valence-electron chi connectivity index (χ4n) is 3.07. The Hall–Kier alpha value is -2.20. The molecule has 0 saturated heterocycles. The molecule has 3 rings (SSSR count). The Morgan fingerprint density at radius 3 is 2.48 bits per heavy atom. The van der Waals surface area contributed by atoms with Gasteiger partial charge in [0.25, 0.3) is 0 Å². The van der Waals surface area contributed by atoms with Gasteiger partial charge in [-0.3, -0.25) is 0 Å². The lowest BCUT2D eigenvalue weighted by Crippen LogP contribution is -2.15. The maximum Gasteiger partial charge on any atom is 0.338 e. The van der Waals surface area contributed by atoms with Gasteiger partial charge >= 0.3 is 5.97 Å². The molecule has 0 amide bonds. The largest absolute Gasteiger partial charge is 0.485 e. The summed E-state index contributed by atoms with van der Waals surface area (Å²) in [6.45, 7) is 0.294. The quantitative estimate of drug-likeness (QED) is 0.828. The summed E-state index contributed by atoms with van der Waals surface area (Å²) < 4.78 is 5.79. The predicted octanol–water partition coefficient (Wildman–Crippen LogP) is 4.08. The Morgan fingerprint density at radius 2 is 1.83 bits per heavy atom. The van der Waals surface area contributed by atoms with Crippen LogP contribution in [0.5, 0.6) is 5.75 Å². The normalized spacial score (nSPS) is 13.4. The van der Waals surface area contributed by atoms with Crippen LogP contribution in [-0.4, -0.2) is 11.1 Å². The number of ether oxygens (including phenoxy) is 1. The molecule has 120 valence electrons. The van der Waals surface area contributed by atoms with Gasteiger partial charge < -0.3 is 15.6 Å². The van der Waals surface area contributed by atoms with Crippen LogP contribution in [0, 0.1) is 0 Å². The van der Waals surface area contributed by atoms with Gasteiger partial charge in [-0.2, -0.15) is 0 Å². The number of carbonyl (C=O) groups is 1. The van der Waals surface area contributed by atoms with Crippen molar-refractivity contribution in [3.8, 4) is 5.75 Å². The van der Waals surface area contributed by atoms with Crippen LogP contribution < -0.4 is 10.5 Å². The molecule has 23 heavy (non-hydrogen) atoms. The van der Waals surface area contributed by atoms with E-state index in [9.17, 15) is 9.90 Å². The van der Waals surface area contributed by atoms with E-state index >= 15 is 0 Å². The summed E-state index contributed by atoms with van der Waals surface area (Å²) >= 11 is 6.48. The van der Waals surface area contributed by atoms with Crippen molar-refractivity contribution in [2.45, 2.75) is 32.3 Å². The van der Waals surface area contributed by atoms with E-state index in [0.29, 0.717) is 18.1 Å². The number of carboxylic acid groups (broad SMARTS) is 1. The van der Waals surface area contributed by atoms with Crippen LogP contribution in [0.4, 0.5) is 5.69 Å². The Kier molecular flexibility index (Phi) is 4.44. The van der Waals surface area contributed by atoms with Gasteiger partial charge in [0.05, 0.1) is 16.3 Å². The Morgan fingerprint density at radius 1 is 1.17 bits per heavy atom. The topological polar surface area (TPSA) is 72.5 Å². The fraction of sp³-hybridized carbons (Fsp3) is 0.278. The minimum absolute atomic E-state index is 0.124. The second-order valence-electron chi connectivity index (χ2n) is 5.68. The number of nitrogen functional groups attached to an aromatic ring is 1. The van der Waals surface area contributed by atoms with Crippen LogP contribution in [0.1, 0.15) is 39.9 Å². The van der Waals surface area contributed by atoms with Crippen molar-refractivity contribution in [1.82, 2.24) is 0 Å². The number of halogens is 1. The van der Waals surface area contributed by atoms with Crippen molar-refractivity contribution in [1.29, 1.82) is 0 Å². The standard InChI is InChI=1S/C18H18ClNO3/c19-15-13-9-5-4-8-12(13)14(18(21)22)16(20)17(15)23-10-11-6-2-1-3-7-11/h1-3,6-7H,4-5,8-10,20H2,(H,21,22). The van der Waals surface area contributed by atoms with E-state index in [-0.39, 0.29) is 17.0 Å². The third-order valence-electron chi connectivity index (χ3n) is 4.19. The number of benzene rings is 2. The summed E-state index contributed by atoms with van der Waals surface area (Å²) in [6, 6.07) is 9.62. The van der Waals surface area contributed by atoms with Gasteiger partial charge in [0.15, 0.2) is 5.75 Å². The molecule has 2 aromatic carbocycles. The van der Waals surface area contributed by atoms with Gasteiger partial charge in [-0.15, -0.1) is 0 Å². The zero-order valence-corrected chi connectivity index (χ0v) is 13.4. The van der Waals surface area contributed by atoms with Crippen LogP contribution in [0.2, 0.25) is 5.02 Å². The number of hydrogen-bond donors (Lipinski definition) is 2. The summed E-state index contributed by atoms with van der Waals surface area (Å²) in [5, 5.41) is 10.0. The van der Waals surface area contributed by atoms with E-state index in [1.54, 1.807) is 0 Å². The van der Waals surface area contributed by atoms with Crippen molar-refractivity contribution >= 4 is 23.3 Å². The number of nitrogens with two attached hydrogens (primary N) is 1. The number of fused-ring (bicyclic) bond motifs is 1. The molecule has 4 nitrogen and oxygen atoms in total. The maximum absolute atomic E-state index is 11.7. The molecule has 0 heterocycles. The highest BCUT2D eigenvalue weighted by atomic mass is 35.5. The van der Waals surface area contributed by atoms with Crippen molar-refractivity contribution in [2.75, 3.05) is 5.73 Å². The molecule has 3 N–H and O–H groups in total. The highest BCUT2D eigenvalue weighted by Gasteiger charge is 2.27. The fourth-order valence-corrected chi connectivity index (χ4v) is 3.43. The molecular weight excluding hydrogens is 314 g/mol. The number of anilines is 1. The highest BCUT2D eigenvalue weighted by molar-refractivity contribution is 6.34. The summed E-state index contributed by atoms with van der Waals surface area (Å²) in [6.07, 6.45) is 3.40. The van der Waals surface area contributed by atoms with Crippen LogP contribution in [0.3, 0.4) is 0 Å². The summed E-state index contributed by atoms with van der Waals surface area (Å²) in [7, 11) is 0. The van der Waals surface area contributed by atoms with Crippen LogP contribution in [0.15, 0.2) is 30.3 Å². The molecule has 0 aromatic heterocycles. The lowest BCUT2D eigenvalue weighted by Gasteiger charge is -2.23. The van der Waals surface area contributed by atoms with Crippen molar-refractivity contribution < 1.29 is 14.6 Å². The third-order valence-corrected chi connectivity index (χ3v) is 4.59. The average Bonchev–Trinajstić information content (AvgIpc) is 2.55. The number of aromatic carboxylic acids is 1. The molecular formula is C18H18ClNO3. The summed E-state index contributed by atoms with van der Waals surface area (Å²) in [5.41, 5.74) is 8.95. The Labute approximate surface area is 139 Å². The molecule has 2 aromatic rings. The minimum atomic E-state index is -1.03. The van der Waals surface area contributed by atoms with Crippen molar-refractivity contribution in [3.05, 3.63) is 57.6 Å². The first-order chi connectivity index (χ1) is 11.1. The second-order valence-corrected chi connectivity index (χ2v) is 6.05. The van der Waals surface area contributed by atoms with Crippen LogP contribution >= 0.6 is 11.6 Å². The van der Waals surface area contributed by atoms with E-state index in [0.717, 1.165) is 36.0 Å². The Balaban J connectivity index is 2.02. The van der Waals surface area contributed by atoms with Gasteiger partial charge in [0, 0.05) is 0 Å². The molecule has 1 aliphatic carbocycles. The van der Waals surface area contributed by atoms with E-state index in [2.05, 4.69) is 0 Å². The molecule has 1 aliphatic rings. The molecule has 0 saturated carbocycles. The molecule has 0 atom stereocenters. The van der Waals surface area contributed by atoms with Gasteiger partial charge in [0.2, 0.25) is 0 Å². The van der Waals surface area contributed by atoms with E-state index < -0.39 is 5.97 Å². The SMILES string of the molecule is Nc1c(OCc2ccccc2)c(Cl)c2c(c1C(=O)O)CCCC2. The first-order valence-corrected chi connectivity index (χ1v) is 8.00. The summed E-state index contributed by atoms with van der Waals surface area (Å²) in [5.74, 6) is -0.740. The average molecular weight is 332 g/mol. The molecule has 0 radical (unpaired) electrons. The monoisotopic (exact) mass is 331 g/mol. The smallest absolute Gasteiger partial charge is 0.338 e. The van der Waals surface area contributed by atoms with E-state index in [1.165, 1.54) is 0 Å². The lowest BCUT2D eigenvalue weighted by molar-refractivity contribution is 0.0696. The van der Waals surface area contributed by atoms with Gasteiger partial charge in [0.1, 0.15) is 6.61 Å². The minimum Gasteiger partial charge on any atom is -0.485 e. The maximum atomic E-state index is 11.7. The van der Waals surface area contributed by atoms with Gasteiger partial charge in [-0.05, 0) is 42.4 Å². The first kappa shape index (κ1) is 15.7. The first-order valence-electron chi connectivity index (χ1n) is 7.62. The zero-order chi connectivity index (χ0) is 16.4. The Bertz CT molecular complexity index is 744. The highest BCUT2D eigenvalue weighted by Crippen LogP contribution is 2.43. The molecule has 0 aliphatic heterocycles. The second kappa shape index (κ2) is 6.50. The summed E-state index contributed by atoms with van der Waals surface area (Å²) in [4.78, 5) is 11.7. The number of carboxylic acids is 1. The molecule has 0 bridgehead atoms. The predicted molar refractivity (Wildman–Crippen MR) is 90.2 cm³/mol. The van der Waals surface area contributed by atoms with Crippen molar-refractivity contribution in [3.63, 3.8) is 0 Å². The lowest BCUT2D eigenvalue weighted by atomic mass is 9.87. The van der Waals surface area contributed by atoms with Gasteiger partial charge in [-0.1, -0.05) is 41.9 Å². The van der Waals surface area contributed by atoms with E-state index in [4.69, 9.17) is 22.1 Å². The molecule has 0 unspecified atom stereocenters. The number of hydrogen-bond acceptors (Lipinski definition) is 3. The molecule has 0 fully saturated rings. The van der Waals surface area contributed by atoms with Crippen LogP contribution in [-0.2, 0) is 19.4 Å². The van der Waals surface area contributed by atoms with Gasteiger partial charge in [-0.25, -0.2) is 4.79 Å². The van der Waals surface area contributed by atoms with Crippen molar-refractivity contribution in [2.24, 2.45) is 0 Å². The van der Waals surface area contributed by atoms with E-state index in [1.807, 2.05) is 30.3 Å². The number of rotatable bonds is 4.